The van der Waals surface area contributed by atoms with Gasteiger partial charge in [-0.1, -0.05) is 6.07 Å². The molecule has 1 aromatic carbocycles. The minimum atomic E-state index is -0.821. The van der Waals surface area contributed by atoms with Crippen molar-refractivity contribution in [2.24, 2.45) is 0 Å². The first-order valence-corrected chi connectivity index (χ1v) is 5.52. The van der Waals surface area contributed by atoms with Crippen molar-refractivity contribution in [1.29, 1.82) is 0 Å². The van der Waals surface area contributed by atoms with Crippen molar-refractivity contribution in [3.63, 3.8) is 0 Å². The fourth-order valence-corrected chi connectivity index (χ4v) is 1.69. The highest BCUT2D eigenvalue weighted by Crippen LogP contribution is 2.17. The van der Waals surface area contributed by atoms with Gasteiger partial charge in [-0.15, -0.1) is 0 Å². The molecule has 0 saturated heterocycles. The molecule has 6 nitrogen and oxygen atoms in total. The van der Waals surface area contributed by atoms with Crippen molar-refractivity contribution in [1.82, 2.24) is 9.97 Å². The van der Waals surface area contributed by atoms with Gasteiger partial charge in [-0.2, -0.15) is 0 Å². The number of carboxylic acids is 1. The van der Waals surface area contributed by atoms with E-state index < -0.39 is 5.97 Å². The second kappa shape index (κ2) is 4.87. The van der Waals surface area contributed by atoms with E-state index in [0.29, 0.717) is 12.4 Å². The van der Waals surface area contributed by atoms with Crippen molar-refractivity contribution in [2.75, 3.05) is 5.32 Å². The number of aromatic amines is 1. The zero-order valence-corrected chi connectivity index (χ0v) is 9.86. The predicted octanol–water partition coefficient (Wildman–Crippen LogP) is 1.54. The summed E-state index contributed by atoms with van der Waals surface area (Å²) in [5.41, 5.74) is 2.43. The molecule has 0 saturated carbocycles. The number of carbonyl (C=O) groups excluding carboxylic acids is 1. The Morgan fingerprint density at radius 3 is 2.89 bits per heavy atom. The van der Waals surface area contributed by atoms with Gasteiger partial charge >= 0.3 is 5.97 Å². The largest absolute Gasteiger partial charge is 0.481 e. The van der Waals surface area contributed by atoms with Crippen molar-refractivity contribution in [3.05, 3.63) is 23.8 Å². The van der Waals surface area contributed by atoms with Crippen LogP contribution in [0.25, 0.3) is 11.0 Å². The molecule has 94 valence electrons. The average Bonchev–Trinajstić information content (AvgIpc) is 2.66. The number of hydrogen-bond acceptors (Lipinski definition) is 3. The molecular formula is C12H13N3O3. The summed E-state index contributed by atoms with van der Waals surface area (Å²) in [6.07, 6.45) is 0.567. The maximum absolute atomic E-state index is 10.9. The molecule has 18 heavy (non-hydrogen) atoms. The molecule has 2 aromatic rings. The topological polar surface area (TPSA) is 95.1 Å². The first-order valence-electron chi connectivity index (χ1n) is 5.52. The van der Waals surface area contributed by atoms with Crippen LogP contribution in [0, 0.1) is 0 Å². The number of carbonyl (C=O) groups is 2. The number of hydrogen-bond donors (Lipinski definition) is 3. The number of rotatable bonds is 4. The number of carboxylic acid groups (broad SMARTS) is 1. The summed E-state index contributed by atoms with van der Waals surface area (Å²) in [6, 6.07) is 5.48. The average molecular weight is 247 g/mol. The molecule has 0 aliphatic rings. The third-order valence-electron chi connectivity index (χ3n) is 2.47. The maximum atomic E-state index is 10.9. The van der Waals surface area contributed by atoms with Gasteiger partial charge in [0.25, 0.3) is 0 Å². The number of aromatic nitrogens is 2. The molecule has 1 amide bonds. The number of anilines is 1. The summed E-state index contributed by atoms with van der Waals surface area (Å²) < 4.78 is 0. The highest BCUT2D eigenvalue weighted by atomic mass is 16.4. The molecule has 0 spiro atoms. The Kier molecular flexibility index (Phi) is 3.27. The second-order valence-electron chi connectivity index (χ2n) is 4.01. The van der Waals surface area contributed by atoms with Crippen LogP contribution in [0.4, 0.5) is 5.95 Å². The summed E-state index contributed by atoms with van der Waals surface area (Å²) in [6.45, 7) is 1.41. The second-order valence-corrected chi connectivity index (χ2v) is 4.01. The van der Waals surface area contributed by atoms with Gasteiger partial charge in [-0.05, 0) is 24.1 Å². The van der Waals surface area contributed by atoms with E-state index in [-0.39, 0.29) is 12.3 Å². The molecule has 0 radical (unpaired) electrons. The number of aryl methyl sites for hydroxylation is 1. The van der Waals surface area contributed by atoms with Crippen LogP contribution in [0.1, 0.15) is 18.9 Å². The Hall–Kier alpha value is -2.37. The molecule has 6 heteroatoms. The quantitative estimate of drug-likeness (QED) is 0.763. The Bertz CT molecular complexity index is 604. The van der Waals surface area contributed by atoms with Crippen LogP contribution in [-0.2, 0) is 16.0 Å². The lowest BCUT2D eigenvalue weighted by Crippen LogP contribution is -2.06. The molecule has 0 aliphatic carbocycles. The lowest BCUT2D eigenvalue weighted by molar-refractivity contribution is -0.137. The zero-order chi connectivity index (χ0) is 13.1. The van der Waals surface area contributed by atoms with Crippen LogP contribution in [0.2, 0.25) is 0 Å². The number of amides is 1. The normalized spacial score (nSPS) is 10.5. The van der Waals surface area contributed by atoms with E-state index in [4.69, 9.17) is 5.11 Å². The number of H-pyrrole nitrogens is 1. The number of fused-ring (bicyclic) bond motifs is 1. The first-order chi connectivity index (χ1) is 8.54. The third kappa shape index (κ3) is 2.85. The maximum Gasteiger partial charge on any atom is 0.303 e. The van der Waals surface area contributed by atoms with Gasteiger partial charge in [0.15, 0.2) is 0 Å². The van der Waals surface area contributed by atoms with Gasteiger partial charge in [-0.3, -0.25) is 14.9 Å². The van der Waals surface area contributed by atoms with Crippen LogP contribution in [0.3, 0.4) is 0 Å². The summed E-state index contributed by atoms with van der Waals surface area (Å²) in [7, 11) is 0. The Balaban J connectivity index is 2.22. The van der Waals surface area contributed by atoms with Gasteiger partial charge in [0.05, 0.1) is 11.0 Å². The number of nitrogens with one attached hydrogen (secondary N) is 2. The standard InChI is InChI=1S/C12H13N3O3/c1-7(16)13-12-14-9-4-2-8(3-5-11(17)18)6-10(9)15-12/h2,4,6H,3,5H2,1H3,(H,17,18)(H2,13,14,15,16). The molecule has 1 aromatic heterocycles. The molecule has 0 aliphatic heterocycles. The van der Waals surface area contributed by atoms with Crippen LogP contribution < -0.4 is 5.32 Å². The van der Waals surface area contributed by atoms with Crippen LogP contribution >= 0.6 is 0 Å². The fraction of sp³-hybridized carbons (Fsp3) is 0.250. The Labute approximate surface area is 103 Å². The van der Waals surface area contributed by atoms with Crippen LogP contribution in [0.5, 0.6) is 0 Å². The van der Waals surface area contributed by atoms with Crippen molar-refractivity contribution in [2.45, 2.75) is 19.8 Å². The van der Waals surface area contributed by atoms with Crippen molar-refractivity contribution < 1.29 is 14.7 Å². The van der Waals surface area contributed by atoms with E-state index in [1.165, 1.54) is 6.92 Å². The third-order valence-corrected chi connectivity index (χ3v) is 2.47. The van der Waals surface area contributed by atoms with E-state index in [2.05, 4.69) is 15.3 Å². The highest BCUT2D eigenvalue weighted by molar-refractivity contribution is 5.89. The Morgan fingerprint density at radius 1 is 1.44 bits per heavy atom. The molecule has 2 rings (SSSR count). The predicted molar refractivity (Wildman–Crippen MR) is 66.4 cm³/mol. The molecule has 0 bridgehead atoms. The van der Waals surface area contributed by atoms with E-state index in [9.17, 15) is 9.59 Å². The molecule has 3 N–H and O–H groups in total. The molecule has 0 atom stereocenters. The summed E-state index contributed by atoms with van der Waals surface area (Å²) in [4.78, 5) is 28.5. The van der Waals surface area contributed by atoms with E-state index in [1.54, 1.807) is 6.07 Å². The SMILES string of the molecule is CC(=O)Nc1nc2ccc(CCC(=O)O)cc2[nH]1. The molecular weight excluding hydrogens is 234 g/mol. The highest BCUT2D eigenvalue weighted by Gasteiger charge is 2.05. The molecule has 1 heterocycles. The van der Waals surface area contributed by atoms with Gasteiger partial charge in [0, 0.05) is 13.3 Å². The van der Waals surface area contributed by atoms with Gasteiger partial charge in [-0.25, -0.2) is 4.98 Å². The number of benzene rings is 1. The van der Waals surface area contributed by atoms with E-state index in [1.807, 2.05) is 12.1 Å². The van der Waals surface area contributed by atoms with E-state index >= 15 is 0 Å². The number of imidazole rings is 1. The smallest absolute Gasteiger partial charge is 0.303 e. The monoisotopic (exact) mass is 247 g/mol. The summed E-state index contributed by atoms with van der Waals surface area (Å²) in [5.74, 6) is -0.619. The van der Waals surface area contributed by atoms with Gasteiger partial charge in [0.2, 0.25) is 11.9 Å². The minimum Gasteiger partial charge on any atom is -0.481 e. The van der Waals surface area contributed by atoms with Crippen molar-refractivity contribution >= 4 is 28.9 Å². The summed E-state index contributed by atoms with van der Waals surface area (Å²) in [5, 5.41) is 11.2. The number of aliphatic carboxylic acids is 1. The lowest BCUT2D eigenvalue weighted by Gasteiger charge is -1.97. The zero-order valence-electron chi connectivity index (χ0n) is 9.86. The van der Waals surface area contributed by atoms with E-state index in [0.717, 1.165) is 16.6 Å². The van der Waals surface area contributed by atoms with Gasteiger partial charge in [0.1, 0.15) is 0 Å². The fourth-order valence-electron chi connectivity index (χ4n) is 1.69. The first kappa shape index (κ1) is 12.1. The Morgan fingerprint density at radius 2 is 2.22 bits per heavy atom. The molecule has 0 fully saturated rings. The van der Waals surface area contributed by atoms with Crippen LogP contribution in [0.15, 0.2) is 18.2 Å². The summed E-state index contributed by atoms with van der Waals surface area (Å²) >= 11 is 0. The number of nitrogens with zero attached hydrogens (tertiary/aromatic N) is 1. The minimum absolute atomic E-state index is 0.0954. The lowest BCUT2D eigenvalue weighted by atomic mass is 10.1. The molecule has 0 unspecified atom stereocenters. The van der Waals surface area contributed by atoms with Crippen LogP contribution in [-0.4, -0.2) is 27.0 Å². The van der Waals surface area contributed by atoms with Gasteiger partial charge < -0.3 is 10.1 Å². The van der Waals surface area contributed by atoms with Crippen molar-refractivity contribution in [3.8, 4) is 0 Å².